The van der Waals surface area contributed by atoms with Crippen molar-refractivity contribution < 1.29 is 5.11 Å². The SMILES string of the molecule is CCn1ccnc1CC#CCCO. The van der Waals surface area contributed by atoms with Crippen molar-refractivity contribution in [3.63, 3.8) is 0 Å². The lowest BCUT2D eigenvalue weighted by Gasteiger charge is -1.99. The zero-order valence-corrected chi connectivity index (χ0v) is 7.82. The van der Waals surface area contributed by atoms with Crippen molar-refractivity contribution in [2.75, 3.05) is 6.61 Å². The van der Waals surface area contributed by atoms with Gasteiger partial charge in [0.15, 0.2) is 0 Å². The summed E-state index contributed by atoms with van der Waals surface area (Å²) in [5.74, 6) is 6.83. The van der Waals surface area contributed by atoms with Crippen LogP contribution in [0.1, 0.15) is 19.2 Å². The molecule has 0 bridgehead atoms. The van der Waals surface area contributed by atoms with Gasteiger partial charge in [0.2, 0.25) is 0 Å². The Kier molecular flexibility index (Phi) is 4.07. The molecule has 1 aromatic rings. The summed E-state index contributed by atoms with van der Waals surface area (Å²) in [6, 6.07) is 0. The van der Waals surface area contributed by atoms with Gasteiger partial charge in [0.25, 0.3) is 0 Å². The van der Waals surface area contributed by atoms with Gasteiger partial charge in [0, 0.05) is 25.4 Å². The predicted molar refractivity (Wildman–Crippen MR) is 51.1 cm³/mol. The fraction of sp³-hybridized carbons (Fsp3) is 0.500. The molecule has 1 heterocycles. The van der Waals surface area contributed by atoms with Crippen LogP contribution in [0.3, 0.4) is 0 Å². The molecule has 0 fully saturated rings. The predicted octanol–water partition coefficient (Wildman–Crippen LogP) is 0.831. The molecule has 0 aromatic carbocycles. The van der Waals surface area contributed by atoms with Crippen molar-refractivity contribution in [1.29, 1.82) is 0 Å². The Labute approximate surface area is 78.4 Å². The van der Waals surface area contributed by atoms with Crippen molar-refractivity contribution in [2.45, 2.75) is 26.3 Å². The Hall–Kier alpha value is -1.27. The van der Waals surface area contributed by atoms with Gasteiger partial charge in [-0.15, -0.1) is 5.92 Å². The number of hydrogen-bond donors (Lipinski definition) is 1. The molecular weight excluding hydrogens is 164 g/mol. The summed E-state index contributed by atoms with van der Waals surface area (Å²) in [4.78, 5) is 4.18. The summed E-state index contributed by atoms with van der Waals surface area (Å²) in [6.07, 6.45) is 4.95. The third kappa shape index (κ3) is 2.92. The minimum absolute atomic E-state index is 0.134. The van der Waals surface area contributed by atoms with Crippen LogP contribution in [0.5, 0.6) is 0 Å². The van der Waals surface area contributed by atoms with Gasteiger partial charge in [0.1, 0.15) is 5.82 Å². The monoisotopic (exact) mass is 178 g/mol. The molecule has 0 saturated heterocycles. The van der Waals surface area contributed by atoms with Crippen LogP contribution < -0.4 is 0 Å². The molecule has 0 unspecified atom stereocenters. The van der Waals surface area contributed by atoms with E-state index in [1.165, 1.54) is 0 Å². The smallest absolute Gasteiger partial charge is 0.120 e. The average molecular weight is 178 g/mol. The summed E-state index contributed by atoms with van der Waals surface area (Å²) in [6.45, 7) is 3.14. The third-order valence-electron chi connectivity index (χ3n) is 1.75. The molecule has 3 heteroatoms. The lowest BCUT2D eigenvalue weighted by Crippen LogP contribution is -1.99. The molecule has 70 valence electrons. The van der Waals surface area contributed by atoms with Gasteiger partial charge < -0.3 is 9.67 Å². The number of imidazole rings is 1. The molecule has 0 aliphatic carbocycles. The molecule has 1 aromatic heterocycles. The Morgan fingerprint density at radius 3 is 3.08 bits per heavy atom. The minimum atomic E-state index is 0.134. The van der Waals surface area contributed by atoms with Crippen molar-refractivity contribution in [2.24, 2.45) is 0 Å². The van der Waals surface area contributed by atoms with Crippen LogP contribution in [-0.4, -0.2) is 21.3 Å². The first kappa shape index (κ1) is 9.82. The lowest BCUT2D eigenvalue weighted by atomic mass is 10.3. The second-order valence-electron chi connectivity index (χ2n) is 2.63. The van der Waals surface area contributed by atoms with Gasteiger partial charge in [0.05, 0.1) is 13.0 Å². The highest BCUT2D eigenvalue weighted by molar-refractivity contribution is 5.08. The molecule has 3 nitrogen and oxygen atoms in total. The average Bonchev–Trinajstić information content (AvgIpc) is 2.60. The second-order valence-corrected chi connectivity index (χ2v) is 2.63. The van der Waals surface area contributed by atoms with Crippen LogP contribution >= 0.6 is 0 Å². The highest BCUT2D eigenvalue weighted by Crippen LogP contribution is 1.97. The van der Waals surface area contributed by atoms with Crippen LogP contribution in [0.4, 0.5) is 0 Å². The molecule has 0 radical (unpaired) electrons. The van der Waals surface area contributed by atoms with Gasteiger partial charge in [-0.05, 0) is 6.92 Å². The topological polar surface area (TPSA) is 38.0 Å². The van der Waals surface area contributed by atoms with E-state index in [4.69, 9.17) is 5.11 Å². The normalized spacial score (nSPS) is 9.38. The van der Waals surface area contributed by atoms with Gasteiger partial charge in [-0.1, -0.05) is 5.92 Å². The number of hydrogen-bond acceptors (Lipinski definition) is 2. The summed E-state index contributed by atoms with van der Waals surface area (Å²) in [5, 5.41) is 8.50. The molecule has 1 N–H and O–H groups in total. The number of nitrogens with zero attached hydrogens (tertiary/aromatic N) is 2. The van der Waals surface area contributed by atoms with Gasteiger partial charge in [-0.2, -0.15) is 0 Å². The lowest BCUT2D eigenvalue weighted by molar-refractivity contribution is 0.305. The van der Waals surface area contributed by atoms with E-state index in [-0.39, 0.29) is 6.61 Å². The van der Waals surface area contributed by atoms with E-state index in [2.05, 4.69) is 28.3 Å². The highest BCUT2D eigenvalue weighted by atomic mass is 16.2. The van der Waals surface area contributed by atoms with Gasteiger partial charge in [-0.3, -0.25) is 0 Å². The summed E-state index contributed by atoms with van der Waals surface area (Å²) in [5.41, 5.74) is 0. The maximum atomic E-state index is 8.50. The van der Waals surface area contributed by atoms with E-state index < -0.39 is 0 Å². The first-order valence-corrected chi connectivity index (χ1v) is 4.45. The van der Waals surface area contributed by atoms with E-state index in [1.807, 2.05) is 6.20 Å². The minimum Gasteiger partial charge on any atom is -0.395 e. The molecule has 0 saturated carbocycles. The van der Waals surface area contributed by atoms with Gasteiger partial charge in [-0.25, -0.2) is 4.98 Å². The number of rotatable bonds is 3. The Bertz CT molecular complexity index is 306. The van der Waals surface area contributed by atoms with Crippen molar-refractivity contribution in [3.8, 4) is 11.8 Å². The summed E-state index contributed by atoms with van der Waals surface area (Å²) >= 11 is 0. The fourth-order valence-electron chi connectivity index (χ4n) is 1.08. The molecule has 0 aliphatic rings. The Balaban J connectivity index is 2.50. The second kappa shape index (κ2) is 5.39. The molecule has 0 aliphatic heterocycles. The number of aliphatic hydroxyl groups excluding tert-OH is 1. The standard InChI is InChI=1S/C10H14N2O/c1-2-12-8-7-11-10(12)6-4-3-5-9-13/h7-8,13H,2,5-6,9H2,1H3. The van der Waals surface area contributed by atoms with Crippen LogP contribution in [0.15, 0.2) is 12.4 Å². The highest BCUT2D eigenvalue weighted by Gasteiger charge is 1.96. The summed E-state index contributed by atoms with van der Waals surface area (Å²) < 4.78 is 2.06. The van der Waals surface area contributed by atoms with E-state index in [1.54, 1.807) is 6.20 Å². The molecule has 0 amide bonds. The third-order valence-corrected chi connectivity index (χ3v) is 1.75. The molecule has 1 rings (SSSR count). The first-order valence-electron chi connectivity index (χ1n) is 4.45. The van der Waals surface area contributed by atoms with E-state index in [9.17, 15) is 0 Å². The largest absolute Gasteiger partial charge is 0.395 e. The molecule has 0 atom stereocenters. The van der Waals surface area contributed by atoms with E-state index in [0.29, 0.717) is 12.8 Å². The van der Waals surface area contributed by atoms with Crippen LogP contribution in [0.2, 0.25) is 0 Å². The molecular formula is C10H14N2O. The summed E-state index contributed by atoms with van der Waals surface area (Å²) in [7, 11) is 0. The van der Waals surface area contributed by atoms with E-state index >= 15 is 0 Å². The van der Waals surface area contributed by atoms with Crippen molar-refractivity contribution in [3.05, 3.63) is 18.2 Å². The first-order chi connectivity index (χ1) is 6.38. The van der Waals surface area contributed by atoms with Crippen molar-refractivity contribution in [1.82, 2.24) is 9.55 Å². The van der Waals surface area contributed by atoms with Crippen molar-refractivity contribution >= 4 is 0 Å². The molecule has 0 spiro atoms. The molecule has 13 heavy (non-hydrogen) atoms. The zero-order chi connectivity index (χ0) is 9.52. The number of aryl methyl sites for hydroxylation is 1. The Morgan fingerprint density at radius 1 is 1.54 bits per heavy atom. The van der Waals surface area contributed by atoms with Crippen LogP contribution in [0, 0.1) is 11.8 Å². The quantitative estimate of drug-likeness (QED) is 0.696. The van der Waals surface area contributed by atoms with Gasteiger partial charge >= 0.3 is 0 Å². The number of aliphatic hydroxyl groups is 1. The fourth-order valence-corrected chi connectivity index (χ4v) is 1.08. The Morgan fingerprint density at radius 2 is 2.38 bits per heavy atom. The maximum Gasteiger partial charge on any atom is 0.120 e. The van der Waals surface area contributed by atoms with Crippen LogP contribution in [-0.2, 0) is 13.0 Å². The maximum absolute atomic E-state index is 8.50. The number of aromatic nitrogens is 2. The zero-order valence-electron chi connectivity index (χ0n) is 7.82. The van der Waals surface area contributed by atoms with E-state index in [0.717, 1.165) is 12.4 Å². The van der Waals surface area contributed by atoms with Crippen LogP contribution in [0.25, 0.3) is 0 Å².